The number of benzene rings is 2. The van der Waals surface area contributed by atoms with Gasteiger partial charge in [0.15, 0.2) is 6.61 Å². The monoisotopic (exact) mass is 371 g/mol. The van der Waals surface area contributed by atoms with Crippen LogP contribution in [0.25, 0.3) is 11.0 Å². The molecule has 6 heteroatoms. The van der Waals surface area contributed by atoms with Gasteiger partial charge in [-0.2, -0.15) is 0 Å². The number of nitrogens with one attached hydrogen (secondary N) is 1. The lowest BCUT2D eigenvalue weighted by atomic mass is 10.1. The van der Waals surface area contributed by atoms with Gasteiger partial charge in [0.25, 0.3) is 5.91 Å². The van der Waals surface area contributed by atoms with Crippen molar-refractivity contribution in [2.45, 2.75) is 19.9 Å². The summed E-state index contributed by atoms with van der Waals surface area (Å²) in [5.74, 6) is -0.975. The third-order valence-electron chi connectivity index (χ3n) is 4.11. The van der Waals surface area contributed by atoms with Crippen LogP contribution in [0.5, 0.6) is 0 Å². The fourth-order valence-electron chi connectivity index (χ4n) is 2.75. The van der Waals surface area contributed by atoms with Gasteiger partial charge in [-0.3, -0.25) is 4.79 Å². The molecule has 134 valence electrons. The fourth-order valence-corrected chi connectivity index (χ4v) is 3.05. The molecule has 3 rings (SSSR count). The minimum atomic E-state index is -0.667. The van der Waals surface area contributed by atoms with Crippen LogP contribution in [0.2, 0.25) is 5.02 Å². The van der Waals surface area contributed by atoms with Crippen LogP contribution in [0.4, 0.5) is 0 Å². The first-order valence-corrected chi connectivity index (χ1v) is 8.54. The Morgan fingerprint density at radius 2 is 1.85 bits per heavy atom. The van der Waals surface area contributed by atoms with E-state index < -0.39 is 18.5 Å². The summed E-state index contributed by atoms with van der Waals surface area (Å²) in [5.41, 5.74) is 2.09. The van der Waals surface area contributed by atoms with E-state index in [4.69, 9.17) is 20.8 Å². The molecule has 26 heavy (non-hydrogen) atoms. The zero-order valence-electron chi connectivity index (χ0n) is 14.4. The normalized spacial score (nSPS) is 12.0. The fraction of sp³-hybridized carbons (Fsp3) is 0.200. The molecule has 1 heterocycles. The molecule has 0 unspecified atom stereocenters. The number of hydrogen-bond acceptors (Lipinski definition) is 4. The first kappa shape index (κ1) is 18.0. The third-order valence-corrected chi connectivity index (χ3v) is 4.46. The van der Waals surface area contributed by atoms with Crippen LogP contribution in [-0.4, -0.2) is 18.5 Å². The number of furan rings is 1. The van der Waals surface area contributed by atoms with Gasteiger partial charge < -0.3 is 14.5 Å². The predicted octanol–water partition coefficient (Wildman–Crippen LogP) is 4.43. The zero-order valence-corrected chi connectivity index (χ0v) is 15.2. The summed E-state index contributed by atoms with van der Waals surface area (Å²) in [4.78, 5) is 24.3. The number of rotatable bonds is 5. The van der Waals surface area contributed by atoms with Crippen LogP contribution in [0.15, 0.2) is 52.9 Å². The lowest BCUT2D eigenvalue weighted by molar-refractivity contribution is -0.124. The largest absolute Gasteiger partial charge is 0.450 e. The number of amides is 1. The molecule has 5 nitrogen and oxygen atoms in total. The summed E-state index contributed by atoms with van der Waals surface area (Å²) in [6, 6.07) is 14.3. The number of hydrogen-bond donors (Lipinski definition) is 1. The smallest absolute Gasteiger partial charge is 0.375 e. The quantitative estimate of drug-likeness (QED) is 0.674. The van der Waals surface area contributed by atoms with Gasteiger partial charge in [-0.1, -0.05) is 48.0 Å². The maximum Gasteiger partial charge on any atom is 0.375 e. The van der Waals surface area contributed by atoms with Gasteiger partial charge in [0.1, 0.15) is 5.58 Å². The molecule has 0 saturated carbocycles. The third kappa shape index (κ3) is 3.73. The molecule has 0 aliphatic heterocycles. The van der Waals surface area contributed by atoms with E-state index in [1.165, 1.54) is 0 Å². The molecule has 0 spiro atoms. The Balaban J connectivity index is 1.61. The van der Waals surface area contributed by atoms with Gasteiger partial charge in [-0.05, 0) is 31.5 Å². The van der Waals surface area contributed by atoms with E-state index in [2.05, 4.69) is 5.32 Å². The standard InChI is InChI=1S/C20H18ClNO4/c1-12-14-7-4-6-10-17(14)26-19(12)20(24)25-11-18(23)22-13(2)15-8-3-5-9-16(15)21/h3-10,13H,11H2,1-2H3,(H,22,23)/t13-/m0/s1. The molecular formula is C20H18ClNO4. The SMILES string of the molecule is Cc1c(C(=O)OCC(=O)N[C@@H](C)c2ccccc2Cl)oc2ccccc12. The van der Waals surface area contributed by atoms with Gasteiger partial charge in [0.05, 0.1) is 6.04 Å². The lowest BCUT2D eigenvalue weighted by Crippen LogP contribution is -2.31. The highest BCUT2D eigenvalue weighted by atomic mass is 35.5. The maximum absolute atomic E-state index is 12.2. The van der Waals surface area contributed by atoms with E-state index in [9.17, 15) is 9.59 Å². The number of esters is 1. The van der Waals surface area contributed by atoms with Crippen molar-refractivity contribution < 1.29 is 18.7 Å². The van der Waals surface area contributed by atoms with Gasteiger partial charge in [-0.25, -0.2) is 4.79 Å². The van der Waals surface area contributed by atoms with Crippen molar-refractivity contribution in [2.24, 2.45) is 0 Å². The van der Waals surface area contributed by atoms with E-state index in [0.717, 1.165) is 10.9 Å². The van der Waals surface area contributed by atoms with E-state index >= 15 is 0 Å². The molecule has 0 radical (unpaired) electrons. The van der Waals surface area contributed by atoms with Crippen LogP contribution in [-0.2, 0) is 9.53 Å². The lowest BCUT2D eigenvalue weighted by Gasteiger charge is -2.15. The Kier molecular flexibility index (Phi) is 5.28. The van der Waals surface area contributed by atoms with Crippen LogP contribution < -0.4 is 5.32 Å². The number of fused-ring (bicyclic) bond motifs is 1. The molecule has 0 saturated heterocycles. The molecule has 3 aromatic rings. The first-order chi connectivity index (χ1) is 12.5. The summed E-state index contributed by atoms with van der Waals surface area (Å²) in [6.07, 6.45) is 0. The molecule has 0 aliphatic rings. The van der Waals surface area contributed by atoms with E-state index in [-0.39, 0.29) is 11.8 Å². The minimum Gasteiger partial charge on any atom is -0.450 e. The highest BCUT2D eigenvalue weighted by Crippen LogP contribution is 2.25. The Morgan fingerprint density at radius 3 is 2.58 bits per heavy atom. The van der Waals surface area contributed by atoms with Crippen molar-refractivity contribution in [3.63, 3.8) is 0 Å². The second kappa shape index (κ2) is 7.62. The summed E-state index contributed by atoms with van der Waals surface area (Å²) in [5, 5.41) is 4.16. The highest BCUT2D eigenvalue weighted by Gasteiger charge is 2.20. The van der Waals surface area contributed by atoms with E-state index in [1.54, 1.807) is 19.1 Å². The molecule has 1 aromatic heterocycles. The Bertz CT molecular complexity index is 963. The number of carbonyl (C=O) groups excluding carboxylic acids is 2. The Hall–Kier alpha value is -2.79. The van der Waals surface area contributed by atoms with E-state index in [0.29, 0.717) is 16.2 Å². The van der Waals surface area contributed by atoms with Crippen molar-refractivity contribution in [1.82, 2.24) is 5.32 Å². The van der Waals surface area contributed by atoms with Crippen molar-refractivity contribution in [3.05, 3.63) is 70.4 Å². The molecule has 1 N–H and O–H groups in total. The van der Waals surface area contributed by atoms with Crippen LogP contribution >= 0.6 is 11.6 Å². The molecule has 0 bridgehead atoms. The minimum absolute atomic E-state index is 0.109. The Labute approximate surface area is 155 Å². The van der Waals surface area contributed by atoms with Gasteiger partial charge in [0.2, 0.25) is 5.76 Å². The highest BCUT2D eigenvalue weighted by molar-refractivity contribution is 6.31. The summed E-state index contributed by atoms with van der Waals surface area (Å²) in [7, 11) is 0. The van der Waals surface area contributed by atoms with Crippen LogP contribution in [0.1, 0.15) is 34.6 Å². The molecule has 2 aromatic carbocycles. The van der Waals surface area contributed by atoms with Crippen molar-refractivity contribution in [1.29, 1.82) is 0 Å². The number of halogens is 1. The van der Waals surface area contributed by atoms with Gasteiger partial charge in [-0.15, -0.1) is 0 Å². The summed E-state index contributed by atoms with van der Waals surface area (Å²) >= 11 is 6.12. The number of para-hydroxylation sites is 1. The van der Waals surface area contributed by atoms with Gasteiger partial charge >= 0.3 is 5.97 Å². The second-order valence-electron chi connectivity index (χ2n) is 5.94. The summed E-state index contributed by atoms with van der Waals surface area (Å²) < 4.78 is 10.6. The van der Waals surface area contributed by atoms with Crippen LogP contribution in [0.3, 0.4) is 0 Å². The number of carbonyl (C=O) groups is 2. The van der Waals surface area contributed by atoms with Gasteiger partial charge in [0, 0.05) is 16.0 Å². The second-order valence-corrected chi connectivity index (χ2v) is 6.35. The first-order valence-electron chi connectivity index (χ1n) is 8.16. The molecular weight excluding hydrogens is 354 g/mol. The predicted molar refractivity (Wildman–Crippen MR) is 99.2 cm³/mol. The molecule has 0 aliphatic carbocycles. The molecule has 1 amide bonds. The number of ether oxygens (including phenoxy) is 1. The topological polar surface area (TPSA) is 68.5 Å². The average Bonchev–Trinajstić information content (AvgIpc) is 2.97. The van der Waals surface area contributed by atoms with E-state index in [1.807, 2.05) is 43.3 Å². The van der Waals surface area contributed by atoms with Crippen molar-refractivity contribution >= 4 is 34.4 Å². The Morgan fingerprint density at radius 1 is 1.15 bits per heavy atom. The maximum atomic E-state index is 12.2. The molecule has 0 fully saturated rings. The zero-order chi connectivity index (χ0) is 18.7. The van der Waals surface area contributed by atoms with Crippen molar-refractivity contribution in [2.75, 3.05) is 6.61 Å². The number of aryl methyl sites for hydroxylation is 1. The average molecular weight is 372 g/mol. The summed E-state index contributed by atoms with van der Waals surface area (Å²) in [6.45, 7) is 3.19. The molecule has 1 atom stereocenters. The van der Waals surface area contributed by atoms with Crippen LogP contribution in [0, 0.1) is 6.92 Å². The van der Waals surface area contributed by atoms with Crippen molar-refractivity contribution in [3.8, 4) is 0 Å².